The summed E-state index contributed by atoms with van der Waals surface area (Å²) >= 11 is 0. The van der Waals surface area contributed by atoms with Gasteiger partial charge in [-0.2, -0.15) is 13.2 Å². The first kappa shape index (κ1) is 15.3. The van der Waals surface area contributed by atoms with Gasteiger partial charge in [-0.15, -0.1) is 0 Å². The van der Waals surface area contributed by atoms with Gasteiger partial charge < -0.3 is 11.1 Å². The van der Waals surface area contributed by atoms with E-state index in [1.807, 2.05) is 0 Å². The maximum atomic E-state index is 12.9. The predicted octanol–water partition coefficient (Wildman–Crippen LogP) is 1.52. The summed E-state index contributed by atoms with van der Waals surface area (Å²) in [6.45, 7) is 0.572. The van der Waals surface area contributed by atoms with Crippen LogP contribution in [0.5, 0.6) is 0 Å². The minimum absolute atomic E-state index is 0.163. The fraction of sp³-hybridized carbons (Fsp3) is 0.385. The molecule has 21 heavy (non-hydrogen) atoms. The number of nitrogens with two attached hydrogens (primary N) is 1. The zero-order valence-corrected chi connectivity index (χ0v) is 11.2. The SMILES string of the molecule is CC1(C(F)(F)F)NC(=O)N(Cc2ccccc2CN)C1=O. The van der Waals surface area contributed by atoms with E-state index in [1.54, 1.807) is 29.6 Å². The Morgan fingerprint density at radius 2 is 1.81 bits per heavy atom. The standard InChI is InChI=1S/C13H14F3N3O2/c1-12(13(14,15)16)10(20)19(11(21)18-12)7-9-5-3-2-4-8(9)6-17/h2-5H,6-7,17H2,1H3,(H,18,21). The van der Waals surface area contributed by atoms with Gasteiger partial charge >= 0.3 is 12.2 Å². The third-order valence-electron chi connectivity index (χ3n) is 3.51. The Balaban J connectivity index is 2.30. The Kier molecular flexibility index (Phi) is 3.66. The molecule has 1 aromatic carbocycles. The lowest BCUT2D eigenvalue weighted by Gasteiger charge is -2.24. The van der Waals surface area contributed by atoms with Crippen LogP contribution in [-0.4, -0.2) is 28.6 Å². The zero-order valence-electron chi connectivity index (χ0n) is 11.2. The maximum absolute atomic E-state index is 12.9. The molecule has 1 aliphatic heterocycles. The molecule has 1 aliphatic rings. The minimum atomic E-state index is -4.86. The van der Waals surface area contributed by atoms with E-state index in [1.165, 1.54) is 0 Å². The van der Waals surface area contributed by atoms with E-state index >= 15 is 0 Å². The van der Waals surface area contributed by atoms with Crippen molar-refractivity contribution in [1.29, 1.82) is 0 Å². The largest absolute Gasteiger partial charge is 0.420 e. The lowest BCUT2D eigenvalue weighted by Crippen LogP contribution is -2.56. The van der Waals surface area contributed by atoms with E-state index in [4.69, 9.17) is 5.73 Å². The Labute approximate surface area is 118 Å². The van der Waals surface area contributed by atoms with E-state index in [0.29, 0.717) is 23.0 Å². The number of amides is 3. The summed E-state index contributed by atoms with van der Waals surface area (Å²) in [5.41, 5.74) is 3.85. The quantitative estimate of drug-likeness (QED) is 0.831. The van der Waals surface area contributed by atoms with Crippen LogP contribution in [0.1, 0.15) is 18.1 Å². The van der Waals surface area contributed by atoms with E-state index < -0.39 is 23.7 Å². The monoisotopic (exact) mass is 301 g/mol. The van der Waals surface area contributed by atoms with Crippen LogP contribution >= 0.6 is 0 Å². The van der Waals surface area contributed by atoms with Crippen molar-refractivity contribution in [2.45, 2.75) is 31.7 Å². The van der Waals surface area contributed by atoms with Gasteiger partial charge in [-0.1, -0.05) is 24.3 Å². The molecule has 2 rings (SSSR count). The van der Waals surface area contributed by atoms with Crippen molar-refractivity contribution >= 4 is 11.9 Å². The summed E-state index contributed by atoms with van der Waals surface area (Å²) in [5, 5.41) is 1.71. The van der Waals surface area contributed by atoms with E-state index in [-0.39, 0.29) is 13.1 Å². The van der Waals surface area contributed by atoms with Crippen LogP contribution in [0.2, 0.25) is 0 Å². The lowest BCUT2D eigenvalue weighted by molar-refractivity contribution is -0.191. The molecule has 1 unspecified atom stereocenters. The Morgan fingerprint density at radius 3 is 2.29 bits per heavy atom. The number of benzene rings is 1. The molecule has 3 N–H and O–H groups in total. The molecule has 0 spiro atoms. The van der Waals surface area contributed by atoms with Crippen molar-refractivity contribution in [3.8, 4) is 0 Å². The summed E-state index contributed by atoms with van der Waals surface area (Å²) in [7, 11) is 0. The molecular formula is C13H14F3N3O2. The molecule has 0 aliphatic carbocycles. The van der Waals surface area contributed by atoms with Gasteiger partial charge in [-0.05, 0) is 18.1 Å². The molecule has 8 heteroatoms. The van der Waals surface area contributed by atoms with Crippen LogP contribution in [0.15, 0.2) is 24.3 Å². The van der Waals surface area contributed by atoms with Gasteiger partial charge in [0.25, 0.3) is 5.91 Å². The molecule has 0 saturated carbocycles. The van der Waals surface area contributed by atoms with E-state index in [0.717, 1.165) is 0 Å². The first-order chi connectivity index (χ1) is 9.70. The number of rotatable bonds is 3. The highest BCUT2D eigenvalue weighted by Gasteiger charge is 2.64. The highest BCUT2D eigenvalue weighted by Crippen LogP contribution is 2.35. The average molecular weight is 301 g/mol. The Hall–Kier alpha value is -2.09. The fourth-order valence-electron chi connectivity index (χ4n) is 2.11. The van der Waals surface area contributed by atoms with Gasteiger partial charge in [0.15, 0.2) is 0 Å². The lowest BCUT2D eigenvalue weighted by atomic mass is 10.0. The predicted molar refractivity (Wildman–Crippen MR) is 67.9 cm³/mol. The molecule has 1 heterocycles. The second-order valence-corrected chi connectivity index (χ2v) is 4.92. The second-order valence-electron chi connectivity index (χ2n) is 4.92. The van der Waals surface area contributed by atoms with Crippen molar-refractivity contribution in [3.63, 3.8) is 0 Å². The van der Waals surface area contributed by atoms with Crippen molar-refractivity contribution in [3.05, 3.63) is 35.4 Å². The molecular weight excluding hydrogens is 287 g/mol. The summed E-state index contributed by atoms with van der Waals surface area (Å²) < 4.78 is 38.8. The maximum Gasteiger partial charge on any atom is 0.420 e. The highest BCUT2D eigenvalue weighted by atomic mass is 19.4. The molecule has 1 aromatic rings. The number of urea groups is 1. The molecule has 1 atom stereocenters. The van der Waals surface area contributed by atoms with Crippen molar-refractivity contribution in [2.75, 3.05) is 0 Å². The third kappa shape index (κ3) is 2.46. The van der Waals surface area contributed by atoms with Gasteiger partial charge in [-0.25, -0.2) is 4.79 Å². The van der Waals surface area contributed by atoms with Crippen LogP contribution in [0.4, 0.5) is 18.0 Å². The smallest absolute Gasteiger partial charge is 0.326 e. The normalized spacial score (nSPS) is 22.6. The van der Waals surface area contributed by atoms with Gasteiger partial charge in [0.05, 0.1) is 6.54 Å². The Morgan fingerprint density at radius 1 is 1.24 bits per heavy atom. The first-order valence-electron chi connectivity index (χ1n) is 6.18. The molecule has 0 bridgehead atoms. The zero-order chi connectivity index (χ0) is 15.8. The Bertz CT molecular complexity index is 588. The van der Waals surface area contributed by atoms with Crippen LogP contribution in [-0.2, 0) is 17.9 Å². The number of hydrogen-bond acceptors (Lipinski definition) is 3. The molecule has 1 saturated heterocycles. The summed E-state index contributed by atoms with van der Waals surface area (Å²) in [6, 6.07) is 5.63. The number of carbonyl (C=O) groups is 2. The number of halogens is 3. The van der Waals surface area contributed by atoms with E-state index in [9.17, 15) is 22.8 Å². The van der Waals surface area contributed by atoms with Crippen LogP contribution in [0, 0.1) is 0 Å². The molecule has 114 valence electrons. The molecule has 1 fully saturated rings. The second kappa shape index (κ2) is 5.03. The fourth-order valence-corrected chi connectivity index (χ4v) is 2.11. The number of carbonyl (C=O) groups excluding carboxylic acids is 2. The van der Waals surface area contributed by atoms with Crippen molar-refractivity contribution < 1.29 is 22.8 Å². The van der Waals surface area contributed by atoms with Crippen LogP contribution in [0.25, 0.3) is 0 Å². The summed E-state index contributed by atoms with van der Waals surface area (Å²) in [5.74, 6) is -1.31. The van der Waals surface area contributed by atoms with Gasteiger partial charge in [0, 0.05) is 6.54 Å². The minimum Gasteiger partial charge on any atom is -0.326 e. The number of nitrogens with zero attached hydrogens (tertiary/aromatic N) is 1. The molecule has 0 radical (unpaired) electrons. The van der Waals surface area contributed by atoms with Crippen molar-refractivity contribution in [2.24, 2.45) is 5.73 Å². The molecule has 5 nitrogen and oxygen atoms in total. The number of nitrogens with one attached hydrogen (secondary N) is 1. The number of alkyl halides is 3. The number of imide groups is 1. The summed E-state index contributed by atoms with van der Waals surface area (Å²) in [4.78, 5) is 24.3. The topological polar surface area (TPSA) is 75.4 Å². The van der Waals surface area contributed by atoms with Crippen LogP contribution < -0.4 is 11.1 Å². The van der Waals surface area contributed by atoms with Gasteiger partial charge in [0.1, 0.15) is 0 Å². The average Bonchev–Trinajstić information content (AvgIpc) is 2.63. The first-order valence-corrected chi connectivity index (χ1v) is 6.18. The third-order valence-corrected chi connectivity index (χ3v) is 3.51. The van der Waals surface area contributed by atoms with Crippen LogP contribution in [0.3, 0.4) is 0 Å². The van der Waals surface area contributed by atoms with Gasteiger partial charge in [0.2, 0.25) is 5.54 Å². The molecule has 3 amide bonds. The summed E-state index contributed by atoms with van der Waals surface area (Å²) in [6.07, 6.45) is -4.86. The van der Waals surface area contributed by atoms with Crippen molar-refractivity contribution in [1.82, 2.24) is 10.2 Å². The van der Waals surface area contributed by atoms with E-state index in [2.05, 4.69) is 0 Å². The van der Waals surface area contributed by atoms with Gasteiger partial charge in [-0.3, -0.25) is 9.69 Å². The highest BCUT2D eigenvalue weighted by molar-refractivity contribution is 6.07. The number of hydrogen-bond donors (Lipinski definition) is 2. The molecule has 0 aromatic heterocycles.